The van der Waals surface area contributed by atoms with E-state index in [1.165, 1.54) is 12.1 Å². The molecule has 0 aromatic heterocycles. The molecule has 0 radical (unpaired) electrons. The molecule has 9 heteroatoms. The van der Waals surface area contributed by atoms with Crippen molar-refractivity contribution in [3.8, 4) is 0 Å². The lowest BCUT2D eigenvalue weighted by atomic mass is 9.95. The van der Waals surface area contributed by atoms with E-state index < -0.39 is 58.5 Å². The molecule has 0 aliphatic carbocycles. The molecule has 4 nitrogen and oxygen atoms in total. The van der Waals surface area contributed by atoms with Gasteiger partial charge in [-0.1, -0.05) is 23.4 Å². The van der Waals surface area contributed by atoms with Gasteiger partial charge in [0.25, 0.3) is 0 Å². The van der Waals surface area contributed by atoms with Gasteiger partial charge in [-0.2, -0.15) is 0 Å². The maximum absolute atomic E-state index is 13.9. The second-order valence-corrected chi connectivity index (χ2v) is 5.44. The lowest BCUT2D eigenvalue weighted by Gasteiger charge is -2.20. The summed E-state index contributed by atoms with van der Waals surface area (Å²) in [6.45, 7) is 0. The summed E-state index contributed by atoms with van der Waals surface area (Å²) in [6.07, 6.45) is -0.506. The average molecular weight is 355 g/mol. The molecule has 4 rings (SSSR count). The van der Waals surface area contributed by atoms with Gasteiger partial charge in [-0.3, -0.25) is 0 Å². The van der Waals surface area contributed by atoms with Gasteiger partial charge < -0.3 is 9.57 Å². The molecule has 0 saturated heterocycles. The van der Waals surface area contributed by atoms with Crippen LogP contribution in [0.2, 0.25) is 0 Å². The second-order valence-electron chi connectivity index (χ2n) is 5.44. The molecular weight excluding hydrogens is 349 g/mol. The fourth-order valence-corrected chi connectivity index (χ4v) is 2.86. The van der Waals surface area contributed by atoms with Gasteiger partial charge in [0.05, 0.1) is 23.1 Å². The molecule has 0 saturated carbocycles. The van der Waals surface area contributed by atoms with Gasteiger partial charge in [0, 0.05) is 0 Å². The number of halogens is 5. The van der Waals surface area contributed by atoms with Crippen LogP contribution in [-0.4, -0.2) is 11.7 Å². The van der Waals surface area contributed by atoms with Gasteiger partial charge in [-0.15, -0.1) is 0 Å². The maximum atomic E-state index is 13.9. The highest BCUT2D eigenvalue weighted by Crippen LogP contribution is 2.45. The first-order valence-corrected chi connectivity index (χ1v) is 6.95. The minimum absolute atomic E-state index is 0.163. The fraction of sp³-hybridized carbons (Fsp3) is 0.125. The molecule has 2 aliphatic heterocycles. The van der Waals surface area contributed by atoms with Gasteiger partial charge in [-0.05, 0) is 6.07 Å². The molecule has 0 amide bonds. The van der Waals surface area contributed by atoms with Gasteiger partial charge >= 0.3 is 11.8 Å². The van der Waals surface area contributed by atoms with Crippen molar-refractivity contribution in [3.63, 3.8) is 0 Å². The number of oxime groups is 1. The number of hydrogen-bond acceptors (Lipinski definition) is 4. The van der Waals surface area contributed by atoms with E-state index >= 15 is 0 Å². The lowest BCUT2D eigenvalue weighted by Crippen LogP contribution is -2.27. The fourth-order valence-electron chi connectivity index (χ4n) is 2.86. The van der Waals surface area contributed by atoms with Crippen molar-refractivity contribution in [2.24, 2.45) is 5.16 Å². The topological polar surface area (TPSA) is 47.9 Å². The van der Waals surface area contributed by atoms with Crippen molar-refractivity contribution in [3.05, 3.63) is 70.0 Å². The maximum Gasteiger partial charge on any atom is 0.342 e. The Kier molecular flexibility index (Phi) is 3.12. The Morgan fingerprint density at radius 1 is 0.920 bits per heavy atom. The largest absolute Gasteiger partial charge is 0.412 e. The van der Waals surface area contributed by atoms with Crippen molar-refractivity contribution in [2.75, 3.05) is 0 Å². The van der Waals surface area contributed by atoms with Crippen molar-refractivity contribution in [1.29, 1.82) is 0 Å². The van der Waals surface area contributed by atoms with Crippen LogP contribution in [0.25, 0.3) is 0 Å². The van der Waals surface area contributed by atoms with Crippen LogP contribution >= 0.6 is 0 Å². The van der Waals surface area contributed by atoms with Crippen molar-refractivity contribution < 1.29 is 36.3 Å². The third-order valence-electron chi connectivity index (χ3n) is 4.02. The first-order chi connectivity index (χ1) is 11.9. The molecule has 1 unspecified atom stereocenters. The lowest BCUT2D eigenvalue weighted by molar-refractivity contribution is -0.186. The quantitative estimate of drug-likeness (QED) is 0.340. The summed E-state index contributed by atoms with van der Waals surface area (Å²) < 4.78 is 72.9. The predicted molar refractivity (Wildman–Crippen MR) is 72.0 cm³/mol. The smallest absolute Gasteiger partial charge is 0.342 e. The Hall–Kier alpha value is -2.97. The normalized spacial score (nSPS) is 21.2. The SMILES string of the molecule is O=C1OC2(CC(c3c(F)c(F)c(F)c(F)c3F)=NO2)c2ccccc21. The number of nitrogens with zero attached hydrogens (tertiary/aromatic N) is 1. The number of rotatable bonds is 1. The monoisotopic (exact) mass is 355 g/mol. The zero-order valence-corrected chi connectivity index (χ0v) is 12.1. The summed E-state index contributed by atoms with van der Waals surface area (Å²) in [6, 6.07) is 6.07. The third-order valence-corrected chi connectivity index (χ3v) is 4.02. The van der Waals surface area contributed by atoms with Crippen LogP contribution < -0.4 is 0 Å². The Balaban J connectivity index is 1.80. The number of carbonyl (C=O) groups is 1. The summed E-state index contributed by atoms with van der Waals surface area (Å²) in [7, 11) is 0. The second kappa shape index (κ2) is 5.01. The molecule has 2 aromatic carbocycles. The summed E-state index contributed by atoms with van der Waals surface area (Å²) in [5.74, 6) is -13.1. The first kappa shape index (κ1) is 15.6. The summed E-state index contributed by atoms with van der Waals surface area (Å²) >= 11 is 0. The molecule has 1 spiro atoms. The van der Waals surface area contributed by atoms with E-state index in [1.807, 2.05) is 0 Å². The number of esters is 1. The number of fused-ring (bicyclic) bond motifs is 2. The Bertz CT molecular complexity index is 945. The Morgan fingerprint density at radius 3 is 2.20 bits per heavy atom. The Labute approximate surface area is 136 Å². The van der Waals surface area contributed by atoms with Crippen LogP contribution in [0.1, 0.15) is 27.9 Å². The van der Waals surface area contributed by atoms with Gasteiger partial charge in [0.15, 0.2) is 23.3 Å². The van der Waals surface area contributed by atoms with Crippen LogP contribution in [0.5, 0.6) is 0 Å². The van der Waals surface area contributed by atoms with Crippen molar-refractivity contribution in [1.82, 2.24) is 0 Å². The van der Waals surface area contributed by atoms with Gasteiger partial charge in [0.1, 0.15) is 5.71 Å². The highest BCUT2D eigenvalue weighted by atomic mass is 19.2. The van der Waals surface area contributed by atoms with Crippen LogP contribution in [0, 0.1) is 29.1 Å². The molecular formula is C16H6F5NO3. The minimum atomic E-state index is -2.27. The first-order valence-electron chi connectivity index (χ1n) is 6.95. The molecule has 0 fully saturated rings. The molecule has 0 bridgehead atoms. The van der Waals surface area contributed by atoms with E-state index in [2.05, 4.69) is 5.16 Å². The van der Waals surface area contributed by atoms with E-state index in [0.29, 0.717) is 0 Å². The number of hydrogen-bond donors (Lipinski definition) is 0. The average Bonchev–Trinajstić information content (AvgIpc) is 3.14. The highest BCUT2D eigenvalue weighted by molar-refractivity contribution is 6.03. The molecule has 2 heterocycles. The number of benzene rings is 2. The van der Waals surface area contributed by atoms with E-state index in [4.69, 9.17) is 9.57 Å². The molecule has 2 aliphatic rings. The zero-order valence-electron chi connectivity index (χ0n) is 12.1. The van der Waals surface area contributed by atoms with E-state index in [-0.39, 0.29) is 11.1 Å². The van der Waals surface area contributed by atoms with Crippen LogP contribution in [0.15, 0.2) is 29.4 Å². The molecule has 128 valence electrons. The van der Waals surface area contributed by atoms with Crippen LogP contribution in [0.4, 0.5) is 22.0 Å². The summed E-state index contributed by atoms with van der Waals surface area (Å²) in [5, 5.41) is 3.41. The highest BCUT2D eigenvalue weighted by Gasteiger charge is 2.53. The Morgan fingerprint density at radius 2 is 1.52 bits per heavy atom. The molecule has 1 atom stereocenters. The summed E-state index contributed by atoms with van der Waals surface area (Å²) in [5.41, 5.74) is -1.36. The van der Waals surface area contributed by atoms with Crippen molar-refractivity contribution >= 4 is 11.7 Å². The minimum Gasteiger partial charge on any atom is -0.412 e. The van der Waals surface area contributed by atoms with Crippen molar-refractivity contribution in [2.45, 2.75) is 12.2 Å². The summed E-state index contributed by atoms with van der Waals surface area (Å²) in [4.78, 5) is 16.9. The number of ether oxygens (including phenoxy) is 1. The van der Waals surface area contributed by atoms with E-state index in [1.54, 1.807) is 12.1 Å². The van der Waals surface area contributed by atoms with E-state index in [0.717, 1.165) is 0 Å². The number of carbonyl (C=O) groups excluding carboxylic acids is 1. The zero-order chi connectivity index (χ0) is 17.9. The van der Waals surface area contributed by atoms with Gasteiger partial charge in [-0.25, -0.2) is 26.7 Å². The predicted octanol–water partition coefficient (Wildman–Crippen LogP) is 3.53. The molecule has 25 heavy (non-hydrogen) atoms. The standard InChI is InChI=1S/C16H6F5NO3/c17-10-9(11(18)13(20)14(21)12(10)19)8-5-16(25-22-8)7-4-2-1-3-6(7)15(23)24-16/h1-4H,5H2. The molecule has 0 N–H and O–H groups in total. The van der Waals surface area contributed by atoms with Gasteiger partial charge in [0.2, 0.25) is 5.82 Å². The van der Waals surface area contributed by atoms with Crippen LogP contribution in [-0.2, 0) is 15.4 Å². The van der Waals surface area contributed by atoms with E-state index in [9.17, 15) is 26.7 Å². The molecule has 2 aromatic rings. The third kappa shape index (κ3) is 1.98. The van der Waals surface area contributed by atoms with Crippen LogP contribution in [0.3, 0.4) is 0 Å².